The Morgan fingerprint density at radius 1 is 0.287 bits per heavy atom. The fraction of sp³-hybridized carbons (Fsp3) is 0.0877. The first-order valence-corrected chi connectivity index (χ1v) is 42.5. The fourth-order valence-corrected chi connectivity index (χ4v) is 23.1. The Morgan fingerprint density at radius 3 is 1.07 bits per heavy atom. The Bertz CT molecular complexity index is 7710. The average Bonchev–Trinajstić information content (AvgIpc) is 1.54. The Morgan fingerprint density at radius 2 is 0.656 bits per heavy atom. The van der Waals surface area contributed by atoms with Crippen LogP contribution in [-0.2, 0) is 21.7 Å². The summed E-state index contributed by atoms with van der Waals surface area (Å²) in [6.45, 7) is 13.3. The number of nitriles is 2. The van der Waals surface area contributed by atoms with Gasteiger partial charge in [0.25, 0.3) is 6.71 Å². The predicted octanol–water partition coefficient (Wildman–Crippen LogP) is 26.6. The third kappa shape index (κ3) is 8.87. The highest BCUT2D eigenvalue weighted by Crippen LogP contribution is 2.68. The quantitative estimate of drug-likeness (QED) is 0.161. The van der Waals surface area contributed by atoms with Crippen molar-refractivity contribution in [1.82, 2.24) is 9.13 Å². The Balaban J connectivity index is 0.838. The van der Waals surface area contributed by atoms with Crippen molar-refractivity contribution in [1.29, 1.82) is 10.5 Å². The molecular formula is C114H75BN6O. The van der Waals surface area contributed by atoms with Gasteiger partial charge in [-0.05, 0) is 255 Å². The third-order valence-corrected chi connectivity index (χ3v) is 28.2. The lowest BCUT2D eigenvalue weighted by molar-refractivity contribution is 0.591. The number of para-hydroxylation sites is 1. The summed E-state index contributed by atoms with van der Waals surface area (Å²) in [6.07, 6.45) is 0. The summed E-state index contributed by atoms with van der Waals surface area (Å²) in [5, 5.41) is 27.9. The molecule has 0 saturated heterocycles. The molecule has 4 aliphatic carbocycles. The first-order chi connectivity index (χ1) is 59.7. The van der Waals surface area contributed by atoms with Gasteiger partial charge in [-0.1, -0.05) is 260 Å². The topological polar surface area (TPSA) is 77.1 Å². The van der Waals surface area contributed by atoms with Crippen LogP contribution in [0.2, 0.25) is 0 Å². The van der Waals surface area contributed by atoms with E-state index in [1.807, 2.05) is 12.1 Å². The molecule has 20 aromatic rings. The van der Waals surface area contributed by atoms with Crippen LogP contribution in [0.15, 0.2) is 350 Å². The third-order valence-electron chi connectivity index (χ3n) is 28.2. The summed E-state index contributed by atoms with van der Waals surface area (Å²) in [4.78, 5) is 5.43. The summed E-state index contributed by atoms with van der Waals surface area (Å²) in [5.74, 6) is 0. The molecule has 26 rings (SSSR count). The smallest absolute Gasteiger partial charge is 0.252 e. The van der Waals surface area contributed by atoms with E-state index < -0.39 is 10.8 Å². The first-order valence-electron chi connectivity index (χ1n) is 42.5. The van der Waals surface area contributed by atoms with Crippen molar-refractivity contribution in [2.24, 2.45) is 0 Å². The molecule has 0 unspecified atom stereocenters. The van der Waals surface area contributed by atoms with Gasteiger partial charge in [-0.2, -0.15) is 10.5 Å². The monoisotopic (exact) mass is 1550 g/mol. The lowest BCUT2D eigenvalue weighted by atomic mass is 9.33. The molecule has 0 atom stereocenters. The van der Waals surface area contributed by atoms with Gasteiger partial charge < -0.3 is 23.4 Å². The zero-order valence-electron chi connectivity index (χ0n) is 68.1. The number of fused-ring (bicyclic) bond motifs is 33. The molecule has 5 heterocycles. The molecule has 0 amide bonds. The fourth-order valence-electron chi connectivity index (χ4n) is 23.1. The zero-order valence-corrected chi connectivity index (χ0v) is 68.1. The van der Waals surface area contributed by atoms with E-state index >= 15 is 0 Å². The maximum atomic E-state index is 10.7. The highest BCUT2D eigenvalue weighted by Gasteiger charge is 2.57. The van der Waals surface area contributed by atoms with Gasteiger partial charge in [0.1, 0.15) is 11.2 Å². The van der Waals surface area contributed by atoms with Crippen LogP contribution >= 0.6 is 0 Å². The second-order valence-corrected chi connectivity index (χ2v) is 36.3. The van der Waals surface area contributed by atoms with Crippen LogP contribution in [0.4, 0.5) is 34.1 Å². The van der Waals surface area contributed by atoms with Crippen molar-refractivity contribution in [3.63, 3.8) is 0 Å². The second kappa shape index (κ2) is 24.3. The van der Waals surface area contributed by atoms with E-state index in [1.54, 1.807) is 0 Å². The number of hydrogen-bond donors (Lipinski definition) is 0. The molecule has 570 valence electrons. The summed E-state index contributed by atoms with van der Waals surface area (Å²) in [7, 11) is 0. The number of anilines is 6. The van der Waals surface area contributed by atoms with Crippen molar-refractivity contribution >= 4 is 123 Å². The molecule has 8 heteroatoms. The van der Waals surface area contributed by atoms with Crippen LogP contribution in [0.5, 0.6) is 0 Å². The molecule has 17 aromatic carbocycles. The van der Waals surface area contributed by atoms with Gasteiger partial charge in [-0.25, -0.2) is 0 Å². The van der Waals surface area contributed by atoms with Crippen LogP contribution in [-0.4, -0.2) is 15.8 Å². The summed E-state index contributed by atoms with van der Waals surface area (Å²) in [6, 6.07) is 136. The summed E-state index contributed by atoms with van der Waals surface area (Å²) < 4.78 is 11.7. The van der Waals surface area contributed by atoms with E-state index in [2.05, 4.69) is 406 Å². The van der Waals surface area contributed by atoms with Gasteiger partial charge in [0.15, 0.2) is 0 Å². The number of benzene rings is 17. The van der Waals surface area contributed by atoms with Gasteiger partial charge in [-0.3, -0.25) is 0 Å². The van der Waals surface area contributed by atoms with Crippen LogP contribution in [0.1, 0.15) is 108 Å². The molecule has 0 bridgehead atoms. The van der Waals surface area contributed by atoms with Crippen molar-refractivity contribution in [3.05, 3.63) is 413 Å². The molecular weight excluding hydrogens is 1480 g/mol. The second-order valence-electron chi connectivity index (χ2n) is 36.3. The van der Waals surface area contributed by atoms with Crippen molar-refractivity contribution in [2.45, 2.75) is 63.2 Å². The van der Waals surface area contributed by atoms with Crippen molar-refractivity contribution < 1.29 is 4.42 Å². The summed E-state index contributed by atoms with van der Waals surface area (Å²) in [5.41, 5.74) is 41.5. The van der Waals surface area contributed by atoms with Gasteiger partial charge >= 0.3 is 0 Å². The highest BCUT2D eigenvalue weighted by atomic mass is 16.3. The number of rotatable bonds is 5. The molecule has 2 aliphatic heterocycles. The van der Waals surface area contributed by atoms with Crippen LogP contribution < -0.4 is 26.2 Å². The molecule has 0 N–H and O–H groups in total. The van der Waals surface area contributed by atoms with E-state index in [0.29, 0.717) is 11.1 Å². The average molecular weight is 1560 g/mol. The van der Waals surface area contributed by atoms with Crippen LogP contribution in [0, 0.1) is 22.7 Å². The highest BCUT2D eigenvalue weighted by molar-refractivity contribution is 7.00. The summed E-state index contributed by atoms with van der Waals surface area (Å²) >= 11 is 0. The minimum Gasteiger partial charge on any atom is -0.456 e. The maximum absolute atomic E-state index is 10.7. The Hall–Kier alpha value is -15.2. The van der Waals surface area contributed by atoms with Crippen LogP contribution in [0.25, 0.3) is 133 Å². The van der Waals surface area contributed by atoms with E-state index in [0.717, 1.165) is 133 Å². The lowest BCUT2D eigenvalue weighted by Gasteiger charge is -2.46. The minimum absolute atomic E-state index is 0.146. The molecule has 3 aromatic heterocycles. The van der Waals surface area contributed by atoms with E-state index in [9.17, 15) is 10.5 Å². The lowest BCUT2D eigenvalue weighted by Crippen LogP contribution is -2.61. The van der Waals surface area contributed by atoms with Crippen molar-refractivity contribution in [3.8, 4) is 79.1 Å². The number of aromatic nitrogens is 2. The van der Waals surface area contributed by atoms with E-state index in [4.69, 9.17) is 4.42 Å². The molecule has 0 saturated carbocycles. The molecule has 0 fully saturated rings. The number of nitrogens with zero attached hydrogens (tertiary/aromatic N) is 6. The van der Waals surface area contributed by atoms with E-state index in [-0.39, 0.29) is 17.5 Å². The molecule has 6 aliphatic rings. The van der Waals surface area contributed by atoms with E-state index in [1.165, 1.54) is 106 Å². The molecule has 7 nitrogen and oxygen atoms in total. The number of hydrogen-bond acceptors (Lipinski definition) is 5. The minimum atomic E-state index is -0.764. The number of furan rings is 1. The largest absolute Gasteiger partial charge is 0.456 e. The molecule has 122 heavy (non-hydrogen) atoms. The normalized spacial score (nSPS) is 14.2. The zero-order chi connectivity index (χ0) is 81.3. The van der Waals surface area contributed by atoms with Gasteiger partial charge in [0.2, 0.25) is 0 Å². The maximum Gasteiger partial charge on any atom is 0.252 e. The first kappa shape index (κ1) is 68.8. The molecule has 0 radical (unpaired) electrons. The Labute approximate surface area is 706 Å². The Kier molecular flexibility index (Phi) is 13.7. The SMILES string of the molecule is CC(C)(C)c1ccc2c(c1)c1cc(C#N)ccc1n2-c1ccc2c(c1)N(c1cccc3c1C1(c4ccccc4-c4ccccc41)c1ccccc1-3)c1cc(-c3ccc4oc5ccccc5c4c3)cc3c1B2c1ccc(-n2c4ccc(C#N)cc4c4cc(C(C)(C)C)ccc42)cc1N3c1cccc2c1C1(c3ccccc3-c3ccccc31)c1ccccc1-2. The van der Waals surface area contributed by atoms with Crippen LogP contribution in [0.3, 0.4) is 0 Å². The standard InChI is InChI=1S/C114H75BN6O/c1-111(2,3)70-44-52-98-85(60-70)83-55-66(64-116)41-50-96(83)118(98)72-46-48-94-102(62-72)120(100-38-21-30-81-78-27-11-18-36-92(78)113(108(81)100)88-32-14-7-23-74(88)75-24-8-15-33-89(75)113)104-58-69(68-43-54-107-87(57-68)80-29-13-20-40-106(80)122-107)59-105-110(104)115(94)95-49-47-73(119-97-51-42-67(65-117)56-84(97)86-61-71(112(4,5)6)45-53-99(86)119)63-103(95)121(105)101-39-22-31-82-79-28-12-19-37-93(79)114(109(82)101)90-34-16-9-25-76(90)77-26-10-17-35-91(77)114/h7-63H,1-6H3. The van der Waals surface area contributed by atoms with Gasteiger partial charge in [0.05, 0.1) is 67.5 Å². The van der Waals surface area contributed by atoms with Gasteiger partial charge in [-0.15, -0.1) is 0 Å². The van der Waals surface area contributed by atoms with Gasteiger partial charge in [0, 0.05) is 77.6 Å². The molecule has 2 spiro atoms. The predicted molar refractivity (Wildman–Crippen MR) is 501 cm³/mol. The van der Waals surface area contributed by atoms with Crippen molar-refractivity contribution in [2.75, 3.05) is 9.80 Å².